The maximum atomic E-state index is 13.0. The van der Waals surface area contributed by atoms with Gasteiger partial charge in [-0.05, 0) is 49.4 Å². The van der Waals surface area contributed by atoms with E-state index in [-0.39, 0.29) is 25.7 Å². The minimum atomic E-state index is -4.95. The second-order valence-electron chi connectivity index (χ2n) is 24.7. The molecule has 5 unspecified atom stereocenters. The molecule has 0 aromatic carbocycles. The lowest BCUT2D eigenvalue weighted by Crippen LogP contribution is -2.30. The molecule has 0 aliphatic heterocycles. The fourth-order valence-corrected chi connectivity index (χ4v) is 11.1. The molecular weight excluding hydrogens is 1110 g/mol. The molecular formula is C65H126O17P2. The van der Waals surface area contributed by atoms with Crippen LogP contribution in [0.1, 0.15) is 312 Å². The Balaban J connectivity index is 5.26. The predicted octanol–water partition coefficient (Wildman–Crippen LogP) is 17.8. The van der Waals surface area contributed by atoms with Crippen molar-refractivity contribution in [3.8, 4) is 0 Å². The lowest BCUT2D eigenvalue weighted by atomic mass is 9.99. The highest BCUT2D eigenvalue weighted by atomic mass is 31.2. The summed E-state index contributed by atoms with van der Waals surface area (Å²) in [7, 11) is -9.89. The number of phosphoric ester groups is 2. The van der Waals surface area contributed by atoms with Crippen molar-refractivity contribution in [2.24, 2.45) is 23.7 Å². The van der Waals surface area contributed by atoms with Gasteiger partial charge < -0.3 is 33.8 Å². The largest absolute Gasteiger partial charge is 0.472 e. The third-order valence-electron chi connectivity index (χ3n) is 15.9. The van der Waals surface area contributed by atoms with E-state index in [0.29, 0.717) is 31.6 Å². The van der Waals surface area contributed by atoms with Gasteiger partial charge in [-0.1, -0.05) is 261 Å². The molecule has 0 fully saturated rings. The lowest BCUT2D eigenvalue weighted by molar-refractivity contribution is -0.161. The summed E-state index contributed by atoms with van der Waals surface area (Å²) in [6, 6.07) is 0. The Kier molecular flexibility index (Phi) is 53.9. The van der Waals surface area contributed by atoms with Crippen LogP contribution in [-0.4, -0.2) is 96.7 Å². The maximum Gasteiger partial charge on any atom is 0.472 e. The van der Waals surface area contributed by atoms with E-state index in [1.165, 1.54) is 103 Å². The molecule has 0 bridgehead atoms. The first-order chi connectivity index (χ1) is 40.2. The third-order valence-corrected chi connectivity index (χ3v) is 17.8. The van der Waals surface area contributed by atoms with E-state index in [1.807, 2.05) is 0 Å². The van der Waals surface area contributed by atoms with E-state index < -0.39 is 97.5 Å². The zero-order valence-electron chi connectivity index (χ0n) is 54.5. The zero-order valence-corrected chi connectivity index (χ0v) is 56.3. The standard InChI is InChI=1S/C65H126O17P2/c1-9-56(6)42-34-26-18-14-12-13-15-19-31-39-47-64(69)81-60(52-76-63(68)46-38-30-23-21-27-35-43-57(7)10-2)53-79-83(71,72)77-49-59(66)50-78-84(73,74)80-54-61(82-65(70)48-40-32-24-22-28-36-44-58(8)11-3)51-75-62(67)45-37-29-20-16-17-25-33-41-55(4)5/h55-61,66H,9-54H2,1-8H3,(H,71,72)(H,73,74)/t56?,57?,58?,59-,60+,61+/m0/s1. The highest BCUT2D eigenvalue weighted by Crippen LogP contribution is 2.45. The average molecular weight is 1240 g/mol. The van der Waals surface area contributed by atoms with Crippen molar-refractivity contribution in [3.05, 3.63) is 0 Å². The maximum absolute atomic E-state index is 13.0. The second kappa shape index (κ2) is 55.2. The molecule has 0 aromatic rings. The van der Waals surface area contributed by atoms with Crippen LogP contribution < -0.4 is 0 Å². The molecule has 0 saturated carbocycles. The van der Waals surface area contributed by atoms with Crippen LogP contribution in [0.15, 0.2) is 0 Å². The van der Waals surface area contributed by atoms with Gasteiger partial charge in [0, 0.05) is 25.7 Å². The van der Waals surface area contributed by atoms with Crippen LogP contribution in [0.3, 0.4) is 0 Å². The Bertz CT molecular complexity index is 1680. The number of esters is 4. The van der Waals surface area contributed by atoms with Gasteiger partial charge in [0.2, 0.25) is 0 Å². The number of hydrogen-bond acceptors (Lipinski definition) is 15. The first-order valence-corrected chi connectivity index (χ1v) is 36.8. The molecule has 0 spiro atoms. The van der Waals surface area contributed by atoms with Gasteiger partial charge in [-0.25, -0.2) is 9.13 Å². The van der Waals surface area contributed by atoms with Crippen LogP contribution in [0.2, 0.25) is 0 Å². The number of carbonyl (C=O) groups excluding carboxylic acids is 4. The van der Waals surface area contributed by atoms with Gasteiger partial charge in [-0.15, -0.1) is 0 Å². The van der Waals surface area contributed by atoms with E-state index in [0.717, 1.165) is 120 Å². The summed E-state index contributed by atoms with van der Waals surface area (Å²) in [5.41, 5.74) is 0. The van der Waals surface area contributed by atoms with Gasteiger partial charge in [0.05, 0.1) is 26.4 Å². The number of unbranched alkanes of at least 4 members (excludes halogenated alkanes) is 25. The van der Waals surface area contributed by atoms with Crippen molar-refractivity contribution in [3.63, 3.8) is 0 Å². The number of carbonyl (C=O) groups is 4. The van der Waals surface area contributed by atoms with Crippen molar-refractivity contribution < 1.29 is 80.2 Å². The zero-order chi connectivity index (χ0) is 62.5. The highest BCUT2D eigenvalue weighted by Gasteiger charge is 2.30. The van der Waals surface area contributed by atoms with Gasteiger partial charge in [0.15, 0.2) is 12.2 Å². The molecule has 0 aliphatic rings. The van der Waals surface area contributed by atoms with Gasteiger partial charge in [0.1, 0.15) is 19.3 Å². The predicted molar refractivity (Wildman–Crippen MR) is 335 cm³/mol. The number of hydrogen-bond donors (Lipinski definition) is 3. The normalized spacial score (nSPS) is 15.4. The number of aliphatic hydroxyl groups is 1. The Labute approximate surface area is 511 Å². The molecule has 0 rings (SSSR count). The highest BCUT2D eigenvalue weighted by molar-refractivity contribution is 7.47. The van der Waals surface area contributed by atoms with Crippen LogP contribution in [0.25, 0.3) is 0 Å². The first kappa shape index (κ1) is 82.1. The van der Waals surface area contributed by atoms with Crippen molar-refractivity contribution in [1.82, 2.24) is 0 Å². The topological polar surface area (TPSA) is 237 Å². The van der Waals surface area contributed by atoms with Crippen molar-refractivity contribution in [2.75, 3.05) is 39.6 Å². The molecule has 19 heteroatoms. The van der Waals surface area contributed by atoms with E-state index in [2.05, 4.69) is 55.4 Å². The SMILES string of the molecule is CCC(C)CCCCCCCCCCCCC(=O)O[C@H](COC(=O)CCCCCCCCC(C)CC)COP(=O)(O)OC[C@H](O)COP(=O)(O)OC[C@@H](COC(=O)CCCCCCCCCC(C)C)OC(=O)CCCCCCCCC(C)CC. The van der Waals surface area contributed by atoms with Crippen LogP contribution in [-0.2, 0) is 65.4 Å². The van der Waals surface area contributed by atoms with E-state index in [9.17, 15) is 43.2 Å². The first-order valence-electron chi connectivity index (χ1n) is 33.8. The van der Waals surface area contributed by atoms with Crippen molar-refractivity contribution in [2.45, 2.75) is 331 Å². The summed E-state index contributed by atoms with van der Waals surface area (Å²) in [6.07, 6.45) is 34.9. The number of rotatable bonds is 62. The van der Waals surface area contributed by atoms with Crippen molar-refractivity contribution >= 4 is 39.5 Å². The number of ether oxygens (including phenoxy) is 4. The monoisotopic (exact) mass is 1240 g/mol. The number of phosphoric acid groups is 2. The summed E-state index contributed by atoms with van der Waals surface area (Å²) in [5, 5.41) is 10.5. The molecule has 84 heavy (non-hydrogen) atoms. The molecule has 3 N–H and O–H groups in total. The van der Waals surface area contributed by atoms with Crippen LogP contribution in [0, 0.1) is 23.7 Å². The summed E-state index contributed by atoms with van der Waals surface area (Å²) >= 11 is 0. The van der Waals surface area contributed by atoms with Crippen LogP contribution in [0.5, 0.6) is 0 Å². The molecule has 0 heterocycles. The van der Waals surface area contributed by atoms with Gasteiger partial charge >= 0.3 is 39.5 Å². The molecule has 17 nitrogen and oxygen atoms in total. The fraction of sp³-hybridized carbons (Fsp3) is 0.938. The minimum Gasteiger partial charge on any atom is -0.462 e. The summed E-state index contributed by atoms with van der Waals surface area (Å²) in [5.74, 6) is 0.818. The second-order valence-corrected chi connectivity index (χ2v) is 27.6. The quantitative estimate of drug-likeness (QED) is 0.0222. The average Bonchev–Trinajstić information content (AvgIpc) is 3.46. The van der Waals surface area contributed by atoms with Crippen molar-refractivity contribution in [1.29, 1.82) is 0 Å². The summed E-state index contributed by atoms with van der Waals surface area (Å²) in [4.78, 5) is 72.3. The van der Waals surface area contributed by atoms with E-state index in [1.54, 1.807) is 0 Å². The Morgan fingerprint density at radius 1 is 0.333 bits per heavy atom. The molecule has 0 radical (unpaired) electrons. The lowest BCUT2D eigenvalue weighted by Gasteiger charge is -2.21. The molecule has 0 aliphatic carbocycles. The Hall–Kier alpha value is -1.94. The fourth-order valence-electron chi connectivity index (χ4n) is 9.51. The van der Waals surface area contributed by atoms with Gasteiger partial charge in [-0.2, -0.15) is 0 Å². The van der Waals surface area contributed by atoms with E-state index >= 15 is 0 Å². The van der Waals surface area contributed by atoms with Gasteiger partial charge in [0.25, 0.3) is 0 Å². The smallest absolute Gasteiger partial charge is 0.462 e. The molecule has 0 aromatic heterocycles. The summed E-state index contributed by atoms with van der Waals surface area (Å²) < 4.78 is 68.0. The van der Waals surface area contributed by atoms with E-state index in [4.69, 9.17) is 37.0 Å². The summed E-state index contributed by atoms with van der Waals surface area (Å²) in [6.45, 7) is 14.0. The third kappa shape index (κ3) is 55.4. The van der Waals surface area contributed by atoms with Gasteiger partial charge in [-0.3, -0.25) is 37.3 Å². The Morgan fingerprint density at radius 2 is 0.571 bits per heavy atom. The molecule has 498 valence electrons. The minimum absolute atomic E-state index is 0.101. The molecule has 8 atom stereocenters. The molecule has 0 saturated heterocycles. The van der Waals surface area contributed by atoms with Crippen LogP contribution in [0.4, 0.5) is 0 Å². The number of aliphatic hydroxyl groups excluding tert-OH is 1. The molecule has 0 amide bonds. The van der Waals surface area contributed by atoms with Crippen LogP contribution >= 0.6 is 15.6 Å². The Morgan fingerprint density at radius 3 is 0.845 bits per heavy atom.